The number of rotatable bonds is 8. The summed E-state index contributed by atoms with van der Waals surface area (Å²) in [5, 5.41) is 21.8. The molecule has 126 valence electrons. The van der Waals surface area contributed by atoms with Gasteiger partial charge in [-0.05, 0) is 30.5 Å². The first-order chi connectivity index (χ1) is 10.7. The van der Waals surface area contributed by atoms with Gasteiger partial charge in [-0.2, -0.15) is 0 Å². The molecule has 1 aromatic carbocycles. The van der Waals surface area contributed by atoms with E-state index in [2.05, 4.69) is 5.32 Å². The summed E-state index contributed by atoms with van der Waals surface area (Å²) in [4.78, 5) is 24.0. The lowest BCUT2D eigenvalue weighted by atomic mass is 9.75. The highest BCUT2D eigenvalue weighted by atomic mass is 35.5. The second-order valence-electron chi connectivity index (χ2n) is 5.76. The van der Waals surface area contributed by atoms with Crippen molar-refractivity contribution in [3.8, 4) is 0 Å². The fraction of sp³-hybridized carbons (Fsp3) is 0.467. The number of carbonyl (C=O) groups excluding carboxylic acids is 2. The van der Waals surface area contributed by atoms with Crippen molar-refractivity contribution in [2.45, 2.75) is 39.1 Å². The van der Waals surface area contributed by atoms with Crippen LogP contribution < -0.4 is 5.32 Å². The van der Waals surface area contributed by atoms with E-state index in [4.69, 9.17) is 23.2 Å². The van der Waals surface area contributed by atoms with Gasteiger partial charge in [0.25, 0.3) is 0 Å². The largest absolute Gasteiger partial charge is 0.475 e. The van der Waals surface area contributed by atoms with Gasteiger partial charge in [0.05, 0.1) is 11.0 Å². The number of nitrogens with one attached hydrogen (secondary N) is 1. The van der Waals surface area contributed by atoms with Crippen LogP contribution >= 0.6 is 23.2 Å². The van der Waals surface area contributed by atoms with Crippen LogP contribution in [0.4, 0.5) is 0 Å². The Labute approximate surface area is 146 Å². The zero-order chi connectivity index (χ0) is 17.6. The highest BCUT2D eigenvalue weighted by Gasteiger charge is 2.26. The maximum atomic E-state index is 12.1. The van der Waals surface area contributed by atoms with Gasteiger partial charge in [0.2, 0.25) is 5.91 Å². The molecule has 0 saturated heterocycles. The molecule has 8 heteroatoms. The van der Waals surface area contributed by atoms with Gasteiger partial charge in [-0.25, -0.2) is 0 Å². The number of amides is 1. The summed E-state index contributed by atoms with van der Waals surface area (Å²) in [6, 6.07) is 4.56. The van der Waals surface area contributed by atoms with Gasteiger partial charge in [-0.1, -0.05) is 37.0 Å². The van der Waals surface area contributed by atoms with Gasteiger partial charge in [0.1, 0.15) is 0 Å². The molecule has 0 spiro atoms. The average molecular weight is 360 g/mol. The lowest BCUT2D eigenvalue weighted by molar-refractivity contribution is -0.121. The van der Waals surface area contributed by atoms with Crippen LogP contribution in [-0.4, -0.2) is 34.8 Å². The standard InChI is InChI=1S/C15H20BCl2NO4/c1-9(2)7-14(16(22)23)19-15(21)6-5-13(20)11-8-10(17)3-4-12(11)18/h3-4,8-9,14,22-23H,5-7H2,1-2H3,(H,19,21)/t14-/m0/s1. The van der Waals surface area contributed by atoms with E-state index >= 15 is 0 Å². The molecule has 1 rings (SSSR count). The number of halogens is 2. The SMILES string of the molecule is CC(C)C[C@H](NC(=O)CCC(=O)c1cc(Cl)ccc1Cl)B(O)O. The smallest absolute Gasteiger partial charge is 0.426 e. The number of hydrogen-bond acceptors (Lipinski definition) is 4. The summed E-state index contributed by atoms with van der Waals surface area (Å²) in [6.45, 7) is 3.82. The number of hydrogen-bond donors (Lipinski definition) is 3. The molecular formula is C15H20BCl2NO4. The minimum absolute atomic E-state index is 0.0399. The molecule has 5 nitrogen and oxygen atoms in total. The number of Topliss-reactive ketones (excluding diaryl/α,β-unsaturated/α-hetero) is 1. The van der Waals surface area contributed by atoms with Gasteiger partial charge >= 0.3 is 7.12 Å². The molecule has 1 aromatic rings. The van der Waals surface area contributed by atoms with E-state index in [0.29, 0.717) is 11.4 Å². The van der Waals surface area contributed by atoms with Crippen molar-refractivity contribution in [1.29, 1.82) is 0 Å². The highest BCUT2D eigenvalue weighted by Crippen LogP contribution is 2.22. The zero-order valence-corrected chi connectivity index (χ0v) is 14.6. The maximum absolute atomic E-state index is 12.1. The summed E-state index contributed by atoms with van der Waals surface area (Å²) in [6.07, 6.45) is 0.322. The van der Waals surface area contributed by atoms with E-state index in [1.54, 1.807) is 6.07 Å². The van der Waals surface area contributed by atoms with Crippen LogP contribution in [0.3, 0.4) is 0 Å². The highest BCUT2D eigenvalue weighted by molar-refractivity contribution is 6.43. The van der Waals surface area contributed by atoms with Crippen molar-refractivity contribution in [1.82, 2.24) is 5.32 Å². The Balaban J connectivity index is 2.58. The first-order valence-electron chi connectivity index (χ1n) is 7.34. The molecule has 0 aliphatic carbocycles. The predicted molar refractivity (Wildman–Crippen MR) is 91.6 cm³/mol. The minimum atomic E-state index is -1.64. The first-order valence-corrected chi connectivity index (χ1v) is 8.10. The Morgan fingerprint density at radius 1 is 1.22 bits per heavy atom. The summed E-state index contributed by atoms with van der Waals surface area (Å²) < 4.78 is 0. The number of benzene rings is 1. The predicted octanol–water partition coefficient (Wildman–Crippen LogP) is 2.50. The van der Waals surface area contributed by atoms with E-state index in [-0.39, 0.29) is 35.1 Å². The molecule has 23 heavy (non-hydrogen) atoms. The van der Waals surface area contributed by atoms with E-state index in [1.807, 2.05) is 13.8 Å². The molecule has 0 aliphatic heterocycles. The molecule has 0 fully saturated rings. The summed E-state index contributed by atoms with van der Waals surface area (Å²) in [5.74, 6) is -1.28. The molecule has 0 radical (unpaired) electrons. The second-order valence-corrected chi connectivity index (χ2v) is 6.61. The monoisotopic (exact) mass is 359 g/mol. The van der Waals surface area contributed by atoms with Crippen LogP contribution in [0.1, 0.15) is 43.5 Å². The fourth-order valence-electron chi connectivity index (χ4n) is 2.11. The Bertz CT molecular complexity index is 566. The third-order valence-electron chi connectivity index (χ3n) is 3.24. The molecule has 0 saturated carbocycles. The van der Waals surface area contributed by atoms with E-state index in [0.717, 1.165) is 0 Å². The summed E-state index contributed by atoms with van der Waals surface area (Å²) in [5.41, 5.74) is 0.271. The molecule has 1 atom stereocenters. The number of ketones is 1. The number of carbonyl (C=O) groups is 2. The Hall–Kier alpha value is -1.08. The van der Waals surface area contributed by atoms with Crippen LogP contribution in [0.25, 0.3) is 0 Å². The molecule has 0 unspecified atom stereocenters. The van der Waals surface area contributed by atoms with Gasteiger partial charge in [0.15, 0.2) is 5.78 Å². The Morgan fingerprint density at radius 2 is 1.87 bits per heavy atom. The lowest BCUT2D eigenvalue weighted by Gasteiger charge is -2.19. The van der Waals surface area contributed by atoms with Gasteiger partial charge < -0.3 is 15.4 Å². The molecule has 1 amide bonds. The Morgan fingerprint density at radius 3 is 2.43 bits per heavy atom. The Kier molecular flexibility index (Phi) is 8.05. The van der Waals surface area contributed by atoms with Crippen molar-refractivity contribution < 1.29 is 19.6 Å². The second kappa shape index (κ2) is 9.28. The van der Waals surface area contributed by atoms with Gasteiger partial charge in [0, 0.05) is 23.4 Å². The first kappa shape index (κ1) is 20.0. The minimum Gasteiger partial charge on any atom is -0.426 e. The third-order valence-corrected chi connectivity index (χ3v) is 3.80. The van der Waals surface area contributed by atoms with Crippen molar-refractivity contribution >= 4 is 42.0 Å². The molecule has 0 aliphatic rings. The van der Waals surface area contributed by atoms with Gasteiger partial charge in [-0.15, -0.1) is 0 Å². The van der Waals surface area contributed by atoms with E-state index < -0.39 is 19.0 Å². The molecule has 0 aromatic heterocycles. The zero-order valence-electron chi connectivity index (χ0n) is 13.1. The average Bonchev–Trinajstić information content (AvgIpc) is 2.46. The molecule has 3 N–H and O–H groups in total. The molecule has 0 bridgehead atoms. The third kappa shape index (κ3) is 6.91. The lowest BCUT2D eigenvalue weighted by Crippen LogP contribution is -2.47. The van der Waals surface area contributed by atoms with Crippen LogP contribution in [0.5, 0.6) is 0 Å². The normalized spacial score (nSPS) is 12.1. The van der Waals surface area contributed by atoms with Crippen molar-refractivity contribution in [2.75, 3.05) is 0 Å². The fourth-order valence-corrected chi connectivity index (χ4v) is 2.51. The van der Waals surface area contributed by atoms with Crippen molar-refractivity contribution in [3.05, 3.63) is 33.8 Å². The van der Waals surface area contributed by atoms with Gasteiger partial charge in [-0.3, -0.25) is 9.59 Å². The van der Waals surface area contributed by atoms with Crippen LogP contribution in [0.15, 0.2) is 18.2 Å². The quantitative estimate of drug-likeness (QED) is 0.491. The van der Waals surface area contributed by atoms with E-state index in [1.165, 1.54) is 12.1 Å². The molecular weight excluding hydrogens is 340 g/mol. The van der Waals surface area contributed by atoms with Crippen LogP contribution in [0, 0.1) is 5.92 Å². The van der Waals surface area contributed by atoms with Crippen molar-refractivity contribution in [2.24, 2.45) is 5.92 Å². The summed E-state index contributed by atoms with van der Waals surface area (Å²) in [7, 11) is -1.64. The van der Waals surface area contributed by atoms with Crippen LogP contribution in [-0.2, 0) is 4.79 Å². The van der Waals surface area contributed by atoms with E-state index in [9.17, 15) is 19.6 Å². The topological polar surface area (TPSA) is 86.6 Å². The summed E-state index contributed by atoms with van der Waals surface area (Å²) >= 11 is 11.8. The van der Waals surface area contributed by atoms with Crippen molar-refractivity contribution in [3.63, 3.8) is 0 Å². The molecule has 0 heterocycles. The maximum Gasteiger partial charge on any atom is 0.475 e. The van der Waals surface area contributed by atoms with Crippen LogP contribution in [0.2, 0.25) is 10.0 Å².